The van der Waals surface area contributed by atoms with Crippen LogP contribution in [-0.4, -0.2) is 36.5 Å². The molecule has 1 aromatic heterocycles. The van der Waals surface area contributed by atoms with Gasteiger partial charge >= 0.3 is 11.9 Å². The quantitative estimate of drug-likeness (QED) is 0.164. The molecule has 0 saturated heterocycles. The van der Waals surface area contributed by atoms with Crippen molar-refractivity contribution >= 4 is 41.1 Å². The van der Waals surface area contributed by atoms with Gasteiger partial charge in [-0.05, 0) is 85.8 Å². The van der Waals surface area contributed by atoms with Gasteiger partial charge in [-0.1, -0.05) is 35.6 Å². The number of ether oxygens (including phenoxy) is 3. The average Bonchev–Trinajstić information content (AvgIpc) is 3.31. The fourth-order valence-electron chi connectivity index (χ4n) is 4.57. The molecule has 0 unspecified atom stereocenters. The number of hydrogen-bond donors (Lipinski definition) is 0. The second-order valence-corrected chi connectivity index (χ2v) is 11.2. The zero-order chi connectivity index (χ0) is 29.8. The van der Waals surface area contributed by atoms with Crippen molar-refractivity contribution in [2.24, 2.45) is 4.99 Å². The number of hydrogen-bond acceptors (Lipinski definition) is 9. The highest BCUT2D eigenvalue weighted by Gasteiger charge is 2.33. The zero-order valence-electron chi connectivity index (χ0n) is 23.5. The van der Waals surface area contributed by atoms with Gasteiger partial charge in [-0.2, -0.15) is 0 Å². The van der Waals surface area contributed by atoms with E-state index in [2.05, 4.69) is 4.99 Å². The Morgan fingerprint density at radius 3 is 2.26 bits per heavy atom. The van der Waals surface area contributed by atoms with Crippen LogP contribution in [0.3, 0.4) is 0 Å². The zero-order valence-corrected chi connectivity index (χ0v) is 25.1. The summed E-state index contributed by atoms with van der Waals surface area (Å²) in [7, 11) is 1.56. The molecule has 5 rings (SSSR count). The number of methoxy groups -OCH3 is 1. The number of nitrogens with zero attached hydrogens (tertiary/aromatic N) is 2. The molecule has 1 aliphatic rings. The highest BCUT2D eigenvalue weighted by Crippen LogP contribution is 2.31. The Morgan fingerprint density at radius 2 is 1.64 bits per heavy atom. The monoisotopic (exact) mass is 600 g/mol. The maximum atomic E-state index is 13.8. The van der Waals surface area contributed by atoms with Gasteiger partial charge in [0.2, 0.25) is 0 Å². The molecule has 0 fully saturated rings. The second kappa shape index (κ2) is 12.6. The van der Waals surface area contributed by atoms with Crippen molar-refractivity contribution < 1.29 is 23.8 Å². The van der Waals surface area contributed by atoms with Gasteiger partial charge < -0.3 is 14.2 Å². The van der Waals surface area contributed by atoms with E-state index in [9.17, 15) is 14.4 Å². The van der Waals surface area contributed by atoms with Crippen LogP contribution in [0, 0.1) is 0 Å². The fraction of sp³-hybridized carbons (Fsp3) is 0.188. The first-order valence-electron chi connectivity index (χ1n) is 13.1. The third kappa shape index (κ3) is 5.95. The number of esters is 2. The van der Waals surface area contributed by atoms with Gasteiger partial charge in [0.05, 0.1) is 41.1 Å². The molecule has 0 saturated carbocycles. The molecule has 1 atom stereocenters. The molecular formula is C32H28N2O6S2. The van der Waals surface area contributed by atoms with Crippen LogP contribution in [-0.2, 0) is 9.53 Å². The summed E-state index contributed by atoms with van der Waals surface area (Å²) < 4.78 is 18.0. The Bertz CT molecular complexity index is 1840. The van der Waals surface area contributed by atoms with Crippen molar-refractivity contribution in [1.29, 1.82) is 0 Å². The lowest BCUT2D eigenvalue weighted by atomic mass is 9.96. The summed E-state index contributed by atoms with van der Waals surface area (Å²) in [6.07, 6.45) is 3.75. The molecule has 214 valence electrons. The Kier molecular flexibility index (Phi) is 8.75. The summed E-state index contributed by atoms with van der Waals surface area (Å²) in [5.74, 6) is 0.0369. The largest absolute Gasteiger partial charge is 0.497 e. The number of allylic oxidation sites excluding steroid dienone is 1. The summed E-state index contributed by atoms with van der Waals surface area (Å²) in [5, 5.41) is 0. The van der Waals surface area contributed by atoms with Crippen molar-refractivity contribution in [3.05, 3.63) is 120 Å². The first-order valence-corrected chi connectivity index (χ1v) is 15.2. The lowest BCUT2D eigenvalue weighted by molar-refractivity contribution is -0.139. The average molecular weight is 601 g/mol. The molecule has 0 bridgehead atoms. The van der Waals surface area contributed by atoms with E-state index >= 15 is 0 Å². The van der Waals surface area contributed by atoms with Crippen molar-refractivity contribution in [3.8, 4) is 11.5 Å². The smallest absolute Gasteiger partial charge is 0.343 e. The van der Waals surface area contributed by atoms with Crippen LogP contribution in [0.1, 0.15) is 41.4 Å². The summed E-state index contributed by atoms with van der Waals surface area (Å²) in [6.45, 7) is 3.72. The van der Waals surface area contributed by atoms with Crippen LogP contribution in [0.5, 0.6) is 11.5 Å². The number of carbonyl (C=O) groups excluding carboxylic acids is 2. The van der Waals surface area contributed by atoms with E-state index in [1.807, 2.05) is 30.5 Å². The molecule has 10 heteroatoms. The number of aromatic nitrogens is 1. The third-order valence-corrected chi connectivity index (χ3v) is 8.39. The number of thiazole rings is 1. The van der Waals surface area contributed by atoms with Crippen LogP contribution in [0.2, 0.25) is 0 Å². The Balaban J connectivity index is 1.48. The number of fused-ring (bicyclic) bond motifs is 1. The lowest BCUT2D eigenvalue weighted by Crippen LogP contribution is -2.39. The molecule has 0 N–H and O–H groups in total. The van der Waals surface area contributed by atoms with E-state index in [4.69, 9.17) is 14.2 Å². The van der Waals surface area contributed by atoms with E-state index < -0.39 is 18.0 Å². The number of carbonyl (C=O) groups is 2. The maximum Gasteiger partial charge on any atom is 0.343 e. The van der Waals surface area contributed by atoms with Crippen LogP contribution in [0.25, 0.3) is 6.08 Å². The standard InChI is InChI=1S/C32H28N2O6S2/c1-5-39-31(37)27-19(2)33-32-34(28(27)21-10-16-25(41-4)17-11-21)29(35)26(42-32)18-20-6-12-24(13-7-20)40-30(36)22-8-14-23(38-3)15-9-22/h6-18,28H,5H2,1-4H3/b26-18-/t28-/m0/s1. The minimum absolute atomic E-state index is 0.212. The van der Waals surface area contributed by atoms with Gasteiger partial charge in [0.25, 0.3) is 5.56 Å². The first-order chi connectivity index (χ1) is 20.3. The summed E-state index contributed by atoms with van der Waals surface area (Å²) in [5.41, 5.74) is 2.53. The normalized spacial score (nSPS) is 14.7. The van der Waals surface area contributed by atoms with Gasteiger partial charge in [-0.15, -0.1) is 11.8 Å². The second-order valence-electron chi connectivity index (χ2n) is 9.26. The van der Waals surface area contributed by atoms with Gasteiger partial charge in [0, 0.05) is 4.90 Å². The summed E-state index contributed by atoms with van der Waals surface area (Å²) >= 11 is 2.86. The fourth-order valence-corrected chi connectivity index (χ4v) is 6.02. The minimum atomic E-state index is -0.668. The van der Waals surface area contributed by atoms with Crippen molar-refractivity contribution in [2.45, 2.75) is 24.8 Å². The van der Waals surface area contributed by atoms with Crippen molar-refractivity contribution in [3.63, 3.8) is 0 Å². The number of rotatable bonds is 8. The summed E-state index contributed by atoms with van der Waals surface area (Å²) in [4.78, 5) is 45.6. The van der Waals surface area contributed by atoms with Gasteiger partial charge in [0.15, 0.2) is 4.80 Å². The van der Waals surface area contributed by atoms with E-state index in [1.54, 1.807) is 91.9 Å². The predicted molar refractivity (Wildman–Crippen MR) is 163 cm³/mol. The molecule has 1 aliphatic heterocycles. The maximum absolute atomic E-state index is 13.8. The van der Waals surface area contributed by atoms with Gasteiger partial charge in [0.1, 0.15) is 11.5 Å². The minimum Gasteiger partial charge on any atom is -0.497 e. The molecule has 4 aromatic rings. The Labute approximate surface area is 250 Å². The molecule has 0 aliphatic carbocycles. The van der Waals surface area contributed by atoms with Gasteiger partial charge in [-0.25, -0.2) is 14.6 Å². The SMILES string of the molecule is CCOC(=O)C1=C(C)N=c2s/c(=C\c3ccc(OC(=O)c4ccc(OC)cc4)cc3)c(=O)n2[C@H]1c1ccc(SC)cc1. The molecule has 0 amide bonds. The van der Waals surface area contributed by atoms with E-state index in [1.165, 1.54) is 11.3 Å². The van der Waals surface area contributed by atoms with E-state index in [0.717, 1.165) is 16.0 Å². The Hall–Kier alpha value is -4.41. The molecule has 3 aromatic carbocycles. The number of thioether (sulfide) groups is 1. The molecule has 2 heterocycles. The highest BCUT2D eigenvalue weighted by molar-refractivity contribution is 7.98. The third-order valence-electron chi connectivity index (χ3n) is 6.66. The van der Waals surface area contributed by atoms with E-state index in [0.29, 0.717) is 37.7 Å². The highest BCUT2D eigenvalue weighted by atomic mass is 32.2. The first kappa shape index (κ1) is 29.1. The molecular weight excluding hydrogens is 572 g/mol. The number of benzene rings is 3. The van der Waals surface area contributed by atoms with Crippen LogP contribution in [0.15, 0.2) is 98.7 Å². The topological polar surface area (TPSA) is 96.2 Å². The van der Waals surface area contributed by atoms with Crippen molar-refractivity contribution in [1.82, 2.24) is 4.57 Å². The molecule has 0 spiro atoms. The Morgan fingerprint density at radius 1 is 0.976 bits per heavy atom. The van der Waals surface area contributed by atoms with Crippen LogP contribution in [0.4, 0.5) is 0 Å². The predicted octanol–water partition coefficient (Wildman–Crippen LogP) is 4.75. The lowest BCUT2D eigenvalue weighted by Gasteiger charge is -2.24. The molecule has 42 heavy (non-hydrogen) atoms. The van der Waals surface area contributed by atoms with Crippen LogP contribution >= 0.6 is 23.1 Å². The molecule has 8 nitrogen and oxygen atoms in total. The molecule has 0 radical (unpaired) electrons. The van der Waals surface area contributed by atoms with Crippen molar-refractivity contribution in [2.75, 3.05) is 20.0 Å². The van der Waals surface area contributed by atoms with Crippen LogP contribution < -0.4 is 24.4 Å². The summed E-state index contributed by atoms with van der Waals surface area (Å²) in [6, 6.07) is 20.6. The van der Waals surface area contributed by atoms with Gasteiger partial charge in [-0.3, -0.25) is 9.36 Å². The van der Waals surface area contributed by atoms with E-state index in [-0.39, 0.29) is 12.2 Å².